The van der Waals surface area contributed by atoms with E-state index in [0.717, 1.165) is 18.5 Å². The van der Waals surface area contributed by atoms with Crippen molar-refractivity contribution in [3.05, 3.63) is 96.7 Å². The standard InChI is InChI=1S/C27H27ClN4O4S/c28-21-6-2-19(3-7-21)26-23-11-17-37-24(23)10-14-31(26)18-25(33)29-12-1-13-30(16-15-29)27(34)20-4-8-22(9-5-20)32(35)36/h2-9,11,17,26H,1,10,12-16,18H2/t26-/m0/s1. The number of carbonyl (C=O) groups is 2. The summed E-state index contributed by atoms with van der Waals surface area (Å²) in [6.45, 7) is 3.11. The summed E-state index contributed by atoms with van der Waals surface area (Å²) in [7, 11) is 0. The lowest BCUT2D eigenvalue weighted by atomic mass is 9.93. The number of hydrogen-bond acceptors (Lipinski definition) is 6. The number of nitrogens with zero attached hydrogens (tertiary/aromatic N) is 4. The maximum atomic E-state index is 13.4. The third-order valence-electron chi connectivity index (χ3n) is 7.05. The summed E-state index contributed by atoms with van der Waals surface area (Å²) in [5.41, 5.74) is 2.74. The lowest BCUT2D eigenvalue weighted by molar-refractivity contribution is -0.384. The summed E-state index contributed by atoms with van der Waals surface area (Å²) < 4.78 is 0. The fourth-order valence-corrected chi connectivity index (χ4v) is 6.16. The second-order valence-electron chi connectivity index (χ2n) is 9.30. The zero-order chi connectivity index (χ0) is 25.9. The van der Waals surface area contributed by atoms with Crippen LogP contribution in [0.25, 0.3) is 0 Å². The van der Waals surface area contributed by atoms with E-state index >= 15 is 0 Å². The topological polar surface area (TPSA) is 87.0 Å². The first kappa shape index (κ1) is 25.4. The quantitative estimate of drug-likeness (QED) is 0.349. The summed E-state index contributed by atoms with van der Waals surface area (Å²) in [5, 5.41) is 13.7. The van der Waals surface area contributed by atoms with Gasteiger partial charge in [0.2, 0.25) is 5.91 Å². The van der Waals surface area contributed by atoms with Gasteiger partial charge in [0.25, 0.3) is 11.6 Å². The van der Waals surface area contributed by atoms with Gasteiger partial charge >= 0.3 is 0 Å². The van der Waals surface area contributed by atoms with Crippen LogP contribution in [0.1, 0.15) is 38.8 Å². The summed E-state index contributed by atoms with van der Waals surface area (Å²) in [5.74, 6) is -0.115. The van der Waals surface area contributed by atoms with Crippen molar-refractivity contribution in [3.63, 3.8) is 0 Å². The van der Waals surface area contributed by atoms with Crippen molar-refractivity contribution in [3.8, 4) is 0 Å². The van der Waals surface area contributed by atoms with Gasteiger partial charge in [-0.15, -0.1) is 11.3 Å². The van der Waals surface area contributed by atoms with Crippen LogP contribution in [-0.2, 0) is 11.2 Å². The van der Waals surface area contributed by atoms with Gasteiger partial charge in [-0.2, -0.15) is 0 Å². The number of fused-ring (bicyclic) bond motifs is 1. The predicted octanol–water partition coefficient (Wildman–Crippen LogP) is 4.63. The van der Waals surface area contributed by atoms with Gasteiger partial charge in [-0.1, -0.05) is 23.7 Å². The average Bonchev–Trinajstić information content (AvgIpc) is 3.24. The van der Waals surface area contributed by atoms with Crippen molar-refractivity contribution in [1.82, 2.24) is 14.7 Å². The molecule has 5 rings (SSSR count). The molecular formula is C27H27ClN4O4S. The molecule has 0 bridgehead atoms. The fraction of sp³-hybridized carbons (Fsp3) is 0.333. The Kier molecular flexibility index (Phi) is 7.55. The second-order valence-corrected chi connectivity index (χ2v) is 10.7. The lowest BCUT2D eigenvalue weighted by Crippen LogP contribution is -2.45. The molecule has 1 atom stereocenters. The molecule has 0 saturated carbocycles. The Morgan fingerprint density at radius 2 is 1.65 bits per heavy atom. The molecule has 0 unspecified atom stereocenters. The zero-order valence-electron chi connectivity index (χ0n) is 20.2. The van der Waals surface area contributed by atoms with Crippen LogP contribution >= 0.6 is 22.9 Å². The highest BCUT2D eigenvalue weighted by atomic mass is 35.5. The largest absolute Gasteiger partial charge is 0.340 e. The number of carbonyl (C=O) groups excluding carboxylic acids is 2. The number of halogens is 1. The van der Waals surface area contributed by atoms with E-state index in [4.69, 9.17) is 11.6 Å². The third kappa shape index (κ3) is 5.53. The Morgan fingerprint density at radius 3 is 2.38 bits per heavy atom. The molecule has 1 saturated heterocycles. The highest BCUT2D eigenvalue weighted by molar-refractivity contribution is 7.10. The summed E-state index contributed by atoms with van der Waals surface area (Å²) in [6.07, 6.45) is 1.60. The fourth-order valence-electron chi connectivity index (χ4n) is 5.13. The second kappa shape index (κ2) is 11.0. The Hall–Kier alpha value is -3.27. The molecule has 0 N–H and O–H groups in total. The van der Waals surface area contributed by atoms with E-state index in [0.29, 0.717) is 49.7 Å². The molecule has 3 heterocycles. The molecule has 192 valence electrons. The van der Waals surface area contributed by atoms with Gasteiger partial charge < -0.3 is 9.80 Å². The van der Waals surface area contributed by atoms with E-state index in [-0.39, 0.29) is 23.5 Å². The Morgan fingerprint density at radius 1 is 0.946 bits per heavy atom. The first-order valence-corrected chi connectivity index (χ1v) is 13.5. The molecule has 1 aromatic heterocycles. The van der Waals surface area contributed by atoms with Crippen LogP contribution in [0, 0.1) is 10.1 Å². The molecule has 8 nitrogen and oxygen atoms in total. The molecule has 2 aromatic carbocycles. The van der Waals surface area contributed by atoms with Gasteiger partial charge in [0, 0.05) is 60.3 Å². The van der Waals surface area contributed by atoms with E-state index in [1.807, 2.05) is 29.2 Å². The Labute approximate surface area is 224 Å². The molecular weight excluding hydrogens is 512 g/mol. The minimum atomic E-state index is -0.483. The van der Waals surface area contributed by atoms with E-state index in [9.17, 15) is 19.7 Å². The number of nitro benzene ring substituents is 1. The van der Waals surface area contributed by atoms with Gasteiger partial charge in [-0.3, -0.25) is 24.6 Å². The molecule has 37 heavy (non-hydrogen) atoms. The van der Waals surface area contributed by atoms with Gasteiger partial charge in [0.05, 0.1) is 17.5 Å². The SMILES string of the molecule is O=C(CN1CCc2sccc2[C@@H]1c1ccc(Cl)cc1)N1CCCN(C(=O)c2ccc([N+](=O)[O-])cc2)CC1. The maximum Gasteiger partial charge on any atom is 0.269 e. The maximum absolute atomic E-state index is 13.4. The van der Waals surface area contributed by atoms with Crippen LogP contribution in [0.15, 0.2) is 60.0 Å². The number of non-ortho nitro benzene ring substituents is 1. The van der Waals surface area contributed by atoms with Crippen molar-refractivity contribution in [2.45, 2.75) is 18.9 Å². The van der Waals surface area contributed by atoms with Crippen LogP contribution in [0.2, 0.25) is 5.02 Å². The van der Waals surface area contributed by atoms with E-state index < -0.39 is 4.92 Å². The van der Waals surface area contributed by atoms with E-state index in [1.54, 1.807) is 16.2 Å². The molecule has 2 aliphatic rings. The van der Waals surface area contributed by atoms with Gasteiger partial charge in [0.1, 0.15) is 0 Å². The zero-order valence-corrected chi connectivity index (χ0v) is 21.8. The van der Waals surface area contributed by atoms with E-state index in [1.165, 1.54) is 34.7 Å². The highest BCUT2D eigenvalue weighted by Gasteiger charge is 2.32. The summed E-state index contributed by atoms with van der Waals surface area (Å²) in [6, 6.07) is 15.7. The molecule has 2 aliphatic heterocycles. The lowest BCUT2D eigenvalue weighted by Gasteiger charge is -2.37. The minimum Gasteiger partial charge on any atom is -0.340 e. The highest BCUT2D eigenvalue weighted by Crippen LogP contribution is 2.38. The molecule has 10 heteroatoms. The number of nitro groups is 1. The van der Waals surface area contributed by atoms with E-state index in [2.05, 4.69) is 16.3 Å². The molecule has 0 radical (unpaired) electrons. The minimum absolute atomic E-state index is 0.00316. The number of rotatable bonds is 5. The third-order valence-corrected chi connectivity index (χ3v) is 8.30. The van der Waals surface area contributed by atoms with Gasteiger partial charge in [0.15, 0.2) is 0 Å². The van der Waals surface area contributed by atoms with Crippen molar-refractivity contribution in [2.75, 3.05) is 39.3 Å². The predicted molar refractivity (Wildman–Crippen MR) is 143 cm³/mol. The van der Waals surface area contributed by atoms with Crippen LogP contribution in [-0.4, -0.2) is 70.7 Å². The average molecular weight is 539 g/mol. The Balaban J connectivity index is 1.25. The normalized spacial score (nSPS) is 18.2. The number of thiophene rings is 1. The van der Waals surface area contributed by atoms with Crippen molar-refractivity contribution < 1.29 is 14.5 Å². The van der Waals surface area contributed by atoms with Gasteiger partial charge in [-0.25, -0.2) is 0 Å². The van der Waals surface area contributed by atoms with Crippen molar-refractivity contribution in [1.29, 1.82) is 0 Å². The van der Waals surface area contributed by atoms with Crippen LogP contribution in [0.4, 0.5) is 5.69 Å². The Bertz CT molecular complexity index is 1290. The summed E-state index contributed by atoms with van der Waals surface area (Å²) in [4.78, 5) is 44.0. The van der Waals surface area contributed by atoms with Crippen LogP contribution < -0.4 is 0 Å². The molecule has 1 fully saturated rings. The first-order chi connectivity index (χ1) is 17.9. The molecule has 0 aliphatic carbocycles. The molecule has 0 spiro atoms. The molecule has 3 aromatic rings. The van der Waals surface area contributed by atoms with Crippen LogP contribution in [0.5, 0.6) is 0 Å². The van der Waals surface area contributed by atoms with Crippen molar-refractivity contribution in [2.24, 2.45) is 0 Å². The smallest absolute Gasteiger partial charge is 0.269 e. The molecule has 2 amide bonds. The van der Waals surface area contributed by atoms with Crippen LogP contribution in [0.3, 0.4) is 0 Å². The number of benzene rings is 2. The van der Waals surface area contributed by atoms with Crippen molar-refractivity contribution >= 4 is 40.4 Å². The monoisotopic (exact) mass is 538 g/mol. The number of amides is 2. The first-order valence-electron chi connectivity index (χ1n) is 12.3. The van der Waals surface area contributed by atoms with Gasteiger partial charge in [-0.05, 0) is 59.7 Å². The number of hydrogen-bond donors (Lipinski definition) is 0. The summed E-state index contributed by atoms with van der Waals surface area (Å²) >= 11 is 7.90.